The maximum absolute atomic E-state index is 11.3. The highest BCUT2D eigenvalue weighted by atomic mass is 16.4. The van der Waals surface area contributed by atoms with Crippen LogP contribution in [0.1, 0.15) is 37.1 Å². The summed E-state index contributed by atoms with van der Waals surface area (Å²) in [5.74, 6) is 0.682. The zero-order valence-corrected chi connectivity index (χ0v) is 9.16. The van der Waals surface area contributed by atoms with Gasteiger partial charge in [-0.1, -0.05) is 19.4 Å². The molecule has 0 aliphatic carbocycles. The van der Waals surface area contributed by atoms with Gasteiger partial charge < -0.3 is 10.2 Å². The van der Waals surface area contributed by atoms with Gasteiger partial charge in [0.05, 0.1) is 0 Å². The monoisotopic (exact) mass is 208 g/mol. The molecule has 0 saturated heterocycles. The molecule has 0 aliphatic rings. The standard InChI is InChI=1S/C12H17NO2/c1-3-5-9-7-11(10(13)6-4-2)15-12(14)8-9/h3,7-8,10H,1,4-6,13H2,2H3/p+1. The van der Waals surface area contributed by atoms with Gasteiger partial charge in [-0.05, 0) is 18.1 Å². The van der Waals surface area contributed by atoms with Crippen LogP contribution in [0.15, 0.2) is 34.0 Å². The molecule has 0 amide bonds. The molecule has 1 heterocycles. The smallest absolute Gasteiger partial charge is 0.336 e. The summed E-state index contributed by atoms with van der Waals surface area (Å²) in [6.07, 6.45) is 4.43. The first-order chi connectivity index (χ1) is 7.17. The highest BCUT2D eigenvalue weighted by molar-refractivity contribution is 5.17. The van der Waals surface area contributed by atoms with E-state index in [1.807, 2.05) is 6.07 Å². The highest BCUT2D eigenvalue weighted by Crippen LogP contribution is 2.13. The summed E-state index contributed by atoms with van der Waals surface area (Å²) in [6.45, 7) is 5.74. The summed E-state index contributed by atoms with van der Waals surface area (Å²) in [6, 6.07) is 3.47. The minimum absolute atomic E-state index is 0.0625. The number of rotatable bonds is 5. The van der Waals surface area contributed by atoms with Crippen molar-refractivity contribution >= 4 is 0 Å². The van der Waals surface area contributed by atoms with Crippen LogP contribution in [0.5, 0.6) is 0 Å². The first-order valence-electron chi connectivity index (χ1n) is 5.25. The minimum atomic E-state index is -0.297. The molecular formula is C12H18NO2+. The molecule has 1 aromatic rings. The third kappa shape index (κ3) is 3.36. The quantitative estimate of drug-likeness (QED) is 0.744. The summed E-state index contributed by atoms with van der Waals surface area (Å²) in [7, 11) is 0. The number of quaternary nitrogens is 1. The molecule has 1 rings (SSSR count). The van der Waals surface area contributed by atoms with E-state index in [1.54, 1.807) is 6.08 Å². The Labute approximate surface area is 89.6 Å². The second-order valence-electron chi connectivity index (χ2n) is 3.67. The van der Waals surface area contributed by atoms with E-state index in [-0.39, 0.29) is 11.7 Å². The zero-order valence-electron chi connectivity index (χ0n) is 9.16. The van der Waals surface area contributed by atoms with Crippen molar-refractivity contribution in [2.24, 2.45) is 0 Å². The van der Waals surface area contributed by atoms with Gasteiger partial charge in [-0.3, -0.25) is 0 Å². The SMILES string of the molecule is C=CCc1cc(C([NH3+])CCC)oc(=O)c1. The minimum Gasteiger partial charge on any atom is -0.421 e. The molecule has 3 heteroatoms. The average molecular weight is 208 g/mol. The Bertz CT molecular complexity index is 381. The lowest BCUT2D eigenvalue weighted by atomic mass is 10.1. The molecule has 1 atom stereocenters. The summed E-state index contributed by atoms with van der Waals surface area (Å²) < 4.78 is 5.13. The maximum Gasteiger partial charge on any atom is 0.336 e. The van der Waals surface area contributed by atoms with E-state index in [1.165, 1.54) is 6.07 Å². The summed E-state index contributed by atoms with van der Waals surface area (Å²) in [4.78, 5) is 11.3. The van der Waals surface area contributed by atoms with Crippen LogP contribution >= 0.6 is 0 Å². The molecule has 0 aromatic carbocycles. The largest absolute Gasteiger partial charge is 0.421 e. The summed E-state index contributed by atoms with van der Waals surface area (Å²) in [5, 5.41) is 0. The van der Waals surface area contributed by atoms with Crippen molar-refractivity contribution in [1.82, 2.24) is 0 Å². The van der Waals surface area contributed by atoms with Crippen LogP contribution in [0.3, 0.4) is 0 Å². The molecule has 82 valence electrons. The molecule has 0 bridgehead atoms. The second kappa shape index (κ2) is 5.51. The van der Waals surface area contributed by atoms with Gasteiger partial charge in [-0.25, -0.2) is 4.79 Å². The number of allylic oxidation sites excluding steroid dienone is 1. The fourth-order valence-corrected chi connectivity index (χ4v) is 1.53. The van der Waals surface area contributed by atoms with Crippen molar-refractivity contribution in [1.29, 1.82) is 0 Å². The summed E-state index contributed by atoms with van der Waals surface area (Å²) in [5.41, 5.74) is 4.63. The van der Waals surface area contributed by atoms with E-state index < -0.39 is 0 Å². The molecule has 0 aliphatic heterocycles. The Hall–Kier alpha value is -1.35. The van der Waals surface area contributed by atoms with Gasteiger partial charge in [0, 0.05) is 12.5 Å². The van der Waals surface area contributed by atoms with Crippen molar-refractivity contribution in [2.45, 2.75) is 32.2 Å². The van der Waals surface area contributed by atoms with Crippen LogP contribution in [-0.4, -0.2) is 0 Å². The Morgan fingerprint density at radius 1 is 1.60 bits per heavy atom. The molecule has 0 saturated carbocycles. The van der Waals surface area contributed by atoms with Gasteiger partial charge in [0.25, 0.3) is 0 Å². The van der Waals surface area contributed by atoms with Crippen LogP contribution < -0.4 is 11.4 Å². The van der Waals surface area contributed by atoms with Gasteiger partial charge in [-0.15, -0.1) is 6.58 Å². The van der Waals surface area contributed by atoms with E-state index >= 15 is 0 Å². The maximum atomic E-state index is 11.3. The molecule has 3 N–H and O–H groups in total. The van der Waals surface area contributed by atoms with Crippen LogP contribution in [-0.2, 0) is 6.42 Å². The lowest BCUT2D eigenvalue weighted by molar-refractivity contribution is -0.432. The Balaban J connectivity index is 2.97. The fourth-order valence-electron chi connectivity index (χ4n) is 1.53. The predicted octanol–water partition coefficient (Wildman–Crippen LogP) is 1.45. The van der Waals surface area contributed by atoms with Gasteiger partial charge in [0.1, 0.15) is 6.04 Å². The lowest BCUT2D eigenvalue weighted by Crippen LogP contribution is -2.53. The molecule has 0 radical (unpaired) electrons. The third-order valence-corrected chi connectivity index (χ3v) is 2.27. The van der Waals surface area contributed by atoms with E-state index in [9.17, 15) is 4.79 Å². The molecule has 1 aromatic heterocycles. The number of hydrogen-bond acceptors (Lipinski definition) is 2. The number of hydrogen-bond donors (Lipinski definition) is 1. The molecule has 1 unspecified atom stereocenters. The van der Waals surface area contributed by atoms with Gasteiger partial charge in [0.15, 0.2) is 5.76 Å². The first-order valence-corrected chi connectivity index (χ1v) is 5.25. The van der Waals surface area contributed by atoms with E-state index in [2.05, 4.69) is 19.2 Å². The molecule has 3 nitrogen and oxygen atoms in total. The van der Waals surface area contributed by atoms with Crippen LogP contribution in [0.4, 0.5) is 0 Å². The van der Waals surface area contributed by atoms with Crippen molar-refractivity contribution in [3.8, 4) is 0 Å². The third-order valence-electron chi connectivity index (χ3n) is 2.27. The lowest BCUT2D eigenvalue weighted by Gasteiger charge is -2.06. The first kappa shape index (κ1) is 11.7. The molecule has 0 spiro atoms. The molecular weight excluding hydrogens is 190 g/mol. The van der Waals surface area contributed by atoms with Crippen molar-refractivity contribution < 1.29 is 10.2 Å². The van der Waals surface area contributed by atoms with Gasteiger partial charge >= 0.3 is 5.63 Å². The van der Waals surface area contributed by atoms with Crippen molar-refractivity contribution in [3.05, 3.63) is 46.5 Å². The Kier molecular flexibility index (Phi) is 4.31. The Morgan fingerprint density at radius 2 is 2.33 bits per heavy atom. The van der Waals surface area contributed by atoms with E-state index in [4.69, 9.17) is 4.42 Å². The van der Waals surface area contributed by atoms with Crippen molar-refractivity contribution in [2.75, 3.05) is 0 Å². The van der Waals surface area contributed by atoms with Gasteiger partial charge in [0.2, 0.25) is 0 Å². The van der Waals surface area contributed by atoms with E-state index in [0.717, 1.165) is 18.4 Å². The second-order valence-corrected chi connectivity index (χ2v) is 3.67. The van der Waals surface area contributed by atoms with Crippen molar-refractivity contribution in [3.63, 3.8) is 0 Å². The normalized spacial score (nSPS) is 12.4. The average Bonchev–Trinajstić information content (AvgIpc) is 2.17. The molecule has 15 heavy (non-hydrogen) atoms. The topological polar surface area (TPSA) is 57.9 Å². The predicted molar refractivity (Wildman–Crippen MR) is 59.4 cm³/mol. The Morgan fingerprint density at radius 3 is 2.93 bits per heavy atom. The van der Waals surface area contributed by atoms with E-state index in [0.29, 0.717) is 12.2 Å². The van der Waals surface area contributed by atoms with Gasteiger partial charge in [-0.2, -0.15) is 0 Å². The van der Waals surface area contributed by atoms with Crippen LogP contribution in [0.25, 0.3) is 0 Å². The fraction of sp³-hybridized carbons (Fsp3) is 0.417. The molecule has 0 fully saturated rings. The van der Waals surface area contributed by atoms with Crippen LogP contribution in [0, 0.1) is 0 Å². The summed E-state index contributed by atoms with van der Waals surface area (Å²) >= 11 is 0. The van der Waals surface area contributed by atoms with Crippen LogP contribution in [0.2, 0.25) is 0 Å². The highest BCUT2D eigenvalue weighted by Gasteiger charge is 2.12. The zero-order chi connectivity index (χ0) is 11.3.